The van der Waals surface area contributed by atoms with Crippen LogP contribution in [-0.2, 0) is 6.42 Å². The minimum absolute atomic E-state index is 0.262. The van der Waals surface area contributed by atoms with E-state index in [2.05, 4.69) is 38.3 Å². The van der Waals surface area contributed by atoms with Gasteiger partial charge < -0.3 is 16.0 Å². The molecule has 0 spiro atoms. The number of nitrogens with two attached hydrogens (primary N) is 1. The first-order chi connectivity index (χ1) is 15.5. The third kappa shape index (κ3) is 4.80. The number of aryl methyl sites for hydroxylation is 1. The number of benzene rings is 1. The molecule has 4 rings (SSSR count). The molecule has 32 heavy (non-hydrogen) atoms. The van der Waals surface area contributed by atoms with Crippen LogP contribution in [0.25, 0.3) is 5.69 Å². The van der Waals surface area contributed by atoms with Crippen LogP contribution in [0.1, 0.15) is 37.4 Å². The Morgan fingerprint density at radius 1 is 1.28 bits per heavy atom. The van der Waals surface area contributed by atoms with E-state index < -0.39 is 0 Å². The number of piperidine rings is 1. The van der Waals surface area contributed by atoms with Gasteiger partial charge in [0.1, 0.15) is 41.2 Å². The predicted molar refractivity (Wildman–Crippen MR) is 122 cm³/mol. The molecule has 0 amide bonds. The number of nitrogen functional groups attached to an aromatic ring is 1. The van der Waals surface area contributed by atoms with Crippen molar-refractivity contribution in [2.24, 2.45) is 5.92 Å². The van der Waals surface area contributed by atoms with Gasteiger partial charge in [-0.25, -0.2) is 19.0 Å². The van der Waals surface area contributed by atoms with Crippen LogP contribution in [0.3, 0.4) is 0 Å². The Hall–Kier alpha value is -3.67. The molecule has 1 unspecified atom stereocenters. The summed E-state index contributed by atoms with van der Waals surface area (Å²) in [6.07, 6.45) is 5.36. The topological polar surface area (TPSA) is 109 Å². The van der Waals surface area contributed by atoms with Gasteiger partial charge in [-0.05, 0) is 55.9 Å². The van der Waals surface area contributed by atoms with Gasteiger partial charge >= 0.3 is 0 Å². The van der Waals surface area contributed by atoms with Crippen molar-refractivity contribution in [3.8, 4) is 11.8 Å². The van der Waals surface area contributed by atoms with Crippen LogP contribution in [0.4, 0.5) is 21.8 Å². The first-order valence-corrected chi connectivity index (χ1v) is 10.9. The summed E-state index contributed by atoms with van der Waals surface area (Å²) < 4.78 is 14.7. The summed E-state index contributed by atoms with van der Waals surface area (Å²) in [5.74, 6) is 2.33. The smallest absolute Gasteiger partial charge is 0.145 e. The highest BCUT2D eigenvalue weighted by Gasteiger charge is 2.18. The van der Waals surface area contributed by atoms with Crippen molar-refractivity contribution in [3.05, 3.63) is 53.7 Å². The van der Waals surface area contributed by atoms with Crippen molar-refractivity contribution in [3.63, 3.8) is 0 Å². The van der Waals surface area contributed by atoms with E-state index in [-0.39, 0.29) is 11.6 Å². The molecule has 0 radical (unpaired) electrons. The molecule has 9 heteroatoms. The summed E-state index contributed by atoms with van der Waals surface area (Å²) in [6.45, 7) is 4.98. The fraction of sp³-hybridized carbons (Fsp3) is 0.391. The molecule has 166 valence electrons. The standard InChI is InChI=1S/C23H27FN8/c1-16-4-3-11-31(14-16)22-12-21(28-15-29-22)27-10-2-5-20-19(13-25)23(26)32(30-20)18-8-6-17(24)7-9-18/h6-9,12,15-16H,2-5,10-11,14,26H2,1H3,(H,27,28,29). The van der Waals surface area contributed by atoms with Gasteiger partial charge in [0.15, 0.2) is 0 Å². The molecule has 1 aliphatic heterocycles. The number of halogens is 1. The average Bonchev–Trinajstić information content (AvgIpc) is 3.12. The molecule has 1 saturated heterocycles. The van der Waals surface area contributed by atoms with Gasteiger partial charge in [0.2, 0.25) is 0 Å². The number of aromatic nitrogens is 4. The predicted octanol–water partition coefficient (Wildman–Crippen LogP) is 3.54. The van der Waals surface area contributed by atoms with Crippen molar-refractivity contribution in [1.82, 2.24) is 19.7 Å². The maximum atomic E-state index is 13.2. The number of anilines is 3. The van der Waals surface area contributed by atoms with E-state index in [9.17, 15) is 9.65 Å². The number of nitrogens with zero attached hydrogens (tertiary/aromatic N) is 6. The highest BCUT2D eigenvalue weighted by atomic mass is 19.1. The minimum atomic E-state index is -0.339. The highest BCUT2D eigenvalue weighted by molar-refractivity contribution is 5.56. The maximum absolute atomic E-state index is 13.2. The summed E-state index contributed by atoms with van der Waals surface area (Å²) >= 11 is 0. The van der Waals surface area contributed by atoms with E-state index in [1.165, 1.54) is 29.7 Å². The Morgan fingerprint density at radius 2 is 2.09 bits per heavy atom. The normalized spacial score (nSPS) is 16.0. The van der Waals surface area contributed by atoms with Gasteiger partial charge in [-0.1, -0.05) is 6.92 Å². The molecule has 3 heterocycles. The SMILES string of the molecule is CC1CCCN(c2cc(NCCCc3nn(-c4ccc(F)cc4)c(N)c3C#N)ncn2)C1. The summed E-state index contributed by atoms with van der Waals surface area (Å²) in [6, 6.07) is 9.98. The zero-order valence-corrected chi connectivity index (χ0v) is 18.1. The van der Waals surface area contributed by atoms with E-state index in [0.717, 1.165) is 31.1 Å². The Balaban J connectivity index is 1.37. The molecule has 3 N–H and O–H groups in total. The van der Waals surface area contributed by atoms with Crippen LogP contribution in [0.2, 0.25) is 0 Å². The molecule has 1 atom stereocenters. The van der Waals surface area contributed by atoms with Gasteiger partial charge in [0.05, 0.1) is 11.4 Å². The molecule has 2 aromatic heterocycles. The summed E-state index contributed by atoms with van der Waals surface area (Å²) in [5.41, 5.74) is 7.73. The molecule has 1 aromatic carbocycles. The molecule has 8 nitrogen and oxygen atoms in total. The highest BCUT2D eigenvalue weighted by Crippen LogP contribution is 2.23. The van der Waals surface area contributed by atoms with E-state index in [1.54, 1.807) is 18.5 Å². The Kier molecular flexibility index (Phi) is 6.50. The van der Waals surface area contributed by atoms with E-state index in [0.29, 0.717) is 35.8 Å². The second kappa shape index (κ2) is 9.64. The number of rotatable bonds is 7. The molecule has 3 aromatic rings. The van der Waals surface area contributed by atoms with Crippen LogP contribution < -0.4 is 16.0 Å². The van der Waals surface area contributed by atoms with Crippen LogP contribution in [0.15, 0.2) is 36.7 Å². The first kappa shape index (κ1) is 21.6. The number of hydrogen-bond donors (Lipinski definition) is 2. The number of nitriles is 1. The van der Waals surface area contributed by atoms with Gasteiger partial charge in [0, 0.05) is 25.7 Å². The molecular weight excluding hydrogens is 407 g/mol. The summed E-state index contributed by atoms with van der Waals surface area (Å²) in [7, 11) is 0. The molecule has 0 aliphatic carbocycles. The largest absolute Gasteiger partial charge is 0.382 e. The molecule has 1 fully saturated rings. The second-order valence-electron chi connectivity index (χ2n) is 8.19. The zero-order chi connectivity index (χ0) is 22.5. The van der Waals surface area contributed by atoms with Crippen LogP contribution >= 0.6 is 0 Å². The molecular formula is C23H27FN8. The quantitative estimate of drug-likeness (QED) is 0.548. The second-order valence-corrected chi connectivity index (χ2v) is 8.19. The van der Waals surface area contributed by atoms with E-state index >= 15 is 0 Å². The lowest BCUT2D eigenvalue weighted by molar-refractivity contribution is 0.444. The third-order valence-electron chi connectivity index (χ3n) is 5.71. The number of nitrogens with one attached hydrogen (secondary N) is 1. The monoisotopic (exact) mass is 434 g/mol. The van der Waals surface area contributed by atoms with Crippen LogP contribution in [-0.4, -0.2) is 39.4 Å². The van der Waals surface area contributed by atoms with Gasteiger partial charge in [-0.2, -0.15) is 10.4 Å². The summed E-state index contributed by atoms with van der Waals surface area (Å²) in [5, 5.41) is 17.4. The molecule has 1 aliphatic rings. The maximum Gasteiger partial charge on any atom is 0.145 e. The van der Waals surface area contributed by atoms with Gasteiger partial charge in [0.25, 0.3) is 0 Å². The van der Waals surface area contributed by atoms with Crippen molar-refractivity contribution in [2.75, 3.05) is 35.6 Å². The van der Waals surface area contributed by atoms with Crippen LogP contribution in [0, 0.1) is 23.1 Å². The van der Waals surface area contributed by atoms with Crippen molar-refractivity contribution in [2.45, 2.75) is 32.6 Å². The lowest BCUT2D eigenvalue weighted by atomic mass is 10.0. The van der Waals surface area contributed by atoms with E-state index in [1.807, 2.05) is 6.07 Å². The van der Waals surface area contributed by atoms with Crippen molar-refractivity contribution >= 4 is 17.5 Å². The minimum Gasteiger partial charge on any atom is -0.382 e. The first-order valence-electron chi connectivity index (χ1n) is 10.9. The average molecular weight is 435 g/mol. The van der Waals surface area contributed by atoms with Crippen molar-refractivity contribution < 1.29 is 4.39 Å². The van der Waals surface area contributed by atoms with Crippen molar-refractivity contribution in [1.29, 1.82) is 5.26 Å². The number of hydrogen-bond acceptors (Lipinski definition) is 7. The Bertz CT molecular complexity index is 1100. The summed E-state index contributed by atoms with van der Waals surface area (Å²) in [4.78, 5) is 11.1. The Morgan fingerprint density at radius 3 is 2.84 bits per heavy atom. The fourth-order valence-corrected chi connectivity index (χ4v) is 4.04. The fourth-order valence-electron chi connectivity index (χ4n) is 4.04. The zero-order valence-electron chi connectivity index (χ0n) is 18.1. The molecule has 0 saturated carbocycles. The Labute approximate surface area is 186 Å². The molecule has 0 bridgehead atoms. The lowest BCUT2D eigenvalue weighted by Crippen LogP contribution is -2.34. The van der Waals surface area contributed by atoms with E-state index in [4.69, 9.17) is 5.73 Å². The van der Waals surface area contributed by atoms with Gasteiger partial charge in [-0.15, -0.1) is 0 Å². The lowest BCUT2D eigenvalue weighted by Gasteiger charge is -2.31. The van der Waals surface area contributed by atoms with Crippen LogP contribution in [0.5, 0.6) is 0 Å². The third-order valence-corrected chi connectivity index (χ3v) is 5.71. The van der Waals surface area contributed by atoms with Gasteiger partial charge in [-0.3, -0.25) is 0 Å².